The largest absolute Gasteiger partial charge is 0.489 e. The van der Waals surface area contributed by atoms with Gasteiger partial charge in [0.1, 0.15) is 11.0 Å². The number of aromatic nitrogens is 2. The van der Waals surface area contributed by atoms with Crippen molar-refractivity contribution in [2.45, 2.75) is 79.1 Å². The Morgan fingerprint density at radius 2 is 1.13 bits per heavy atom. The Bertz CT molecular complexity index is 1230. The summed E-state index contributed by atoms with van der Waals surface area (Å²) >= 11 is 12.0. The molecule has 0 radical (unpaired) electrons. The maximum atomic E-state index is 6.87. The van der Waals surface area contributed by atoms with Crippen LogP contribution in [0.25, 0.3) is 31.9 Å². The number of thiophene rings is 2. The van der Waals surface area contributed by atoms with Gasteiger partial charge in [-0.2, -0.15) is 8.75 Å². The van der Waals surface area contributed by atoms with E-state index in [9.17, 15) is 0 Å². The molecular weight excluding hydrogens is 676 g/mol. The van der Waals surface area contributed by atoms with Gasteiger partial charge in [0, 0.05) is 9.75 Å². The summed E-state index contributed by atoms with van der Waals surface area (Å²) in [5.74, 6) is 2.61. The van der Waals surface area contributed by atoms with Gasteiger partial charge in [0.05, 0.1) is 43.6 Å². The molecule has 3 heterocycles. The third kappa shape index (κ3) is 7.64. The Morgan fingerprint density at radius 3 is 1.46 bits per heavy atom. The van der Waals surface area contributed by atoms with Crippen molar-refractivity contribution in [1.29, 1.82) is 0 Å². The first-order chi connectivity index (χ1) is 19.0. The van der Waals surface area contributed by atoms with Gasteiger partial charge in [-0.15, -0.1) is 22.7 Å². The molecule has 0 bridgehead atoms. The molecule has 0 saturated heterocycles. The van der Waals surface area contributed by atoms with Gasteiger partial charge in [0.15, 0.2) is 11.5 Å². The van der Waals surface area contributed by atoms with Gasteiger partial charge in [-0.05, 0) is 80.8 Å². The van der Waals surface area contributed by atoms with Gasteiger partial charge >= 0.3 is 0 Å². The van der Waals surface area contributed by atoms with Crippen molar-refractivity contribution >= 4 is 77.3 Å². The summed E-state index contributed by atoms with van der Waals surface area (Å²) in [5, 5.41) is 0. The molecule has 0 aliphatic rings. The Kier molecular flexibility index (Phi) is 12.1. The van der Waals surface area contributed by atoms with Crippen LogP contribution in [0, 0.1) is 11.8 Å². The number of hydrogen-bond donors (Lipinski definition) is 0. The molecule has 0 N–H and O–H groups in total. The highest BCUT2D eigenvalue weighted by Crippen LogP contribution is 2.53. The highest BCUT2D eigenvalue weighted by Gasteiger charge is 2.29. The second kappa shape index (κ2) is 15.3. The summed E-state index contributed by atoms with van der Waals surface area (Å²) in [5.41, 5.74) is 3.76. The van der Waals surface area contributed by atoms with E-state index >= 15 is 0 Å². The van der Waals surface area contributed by atoms with Crippen LogP contribution < -0.4 is 9.47 Å². The summed E-state index contributed by atoms with van der Waals surface area (Å²) in [6.07, 6.45) is 9.36. The van der Waals surface area contributed by atoms with Gasteiger partial charge in [-0.25, -0.2) is 0 Å². The van der Waals surface area contributed by atoms with Crippen LogP contribution in [0.3, 0.4) is 0 Å². The van der Waals surface area contributed by atoms with Crippen molar-refractivity contribution in [2.75, 3.05) is 13.2 Å². The number of halogens is 2. The maximum Gasteiger partial charge on any atom is 0.172 e. The number of fused-ring (bicyclic) bond motifs is 1. The molecule has 0 amide bonds. The summed E-state index contributed by atoms with van der Waals surface area (Å²) in [6.45, 7) is 10.4. The molecule has 2 atom stereocenters. The van der Waals surface area contributed by atoms with E-state index < -0.39 is 0 Å². The molecule has 3 aromatic heterocycles. The van der Waals surface area contributed by atoms with Crippen LogP contribution >= 0.6 is 66.3 Å². The minimum absolute atomic E-state index is 0.497. The second-order valence-corrected chi connectivity index (χ2v) is 15.5. The standard InChI is InChI=1S/C30H38Br2N2O2S3/c1-5-9-11-19(7-3)17-35-29-25(21-13-15-23(31)37-21)27-28(34-39-33-27)26(22-14-16-24(32)38-22)30(29)36-18-20(8-4)12-10-6-2/h13-16,19-20H,5-12,17-18H2,1-4H3. The van der Waals surface area contributed by atoms with Crippen LogP contribution in [-0.4, -0.2) is 22.0 Å². The number of unbranched alkanes of at least 4 members (excludes halogenated alkanes) is 2. The zero-order valence-corrected chi connectivity index (χ0v) is 28.8. The van der Waals surface area contributed by atoms with Gasteiger partial charge in [0.25, 0.3) is 0 Å². The van der Waals surface area contributed by atoms with Crippen LogP contribution in [0.5, 0.6) is 11.5 Å². The van der Waals surface area contributed by atoms with Gasteiger partial charge in [-0.3, -0.25) is 0 Å². The Labute approximate surface area is 262 Å². The second-order valence-electron chi connectivity index (χ2n) is 10.0. The highest BCUT2D eigenvalue weighted by molar-refractivity contribution is 9.11. The Morgan fingerprint density at radius 1 is 0.692 bits per heavy atom. The van der Waals surface area contributed by atoms with Crippen molar-refractivity contribution in [3.63, 3.8) is 0 Å². The summed E-state index contributed by atoms with van der Waals surface area (Å²) in [7, 11) is 0. The maximum absolute atomic E-state index is 6.87. The van der Waals surface area contributed by atoms with Crippen molar-refractivity contribution < 1.29 is 9.47 Å². The molecule has 1 aromatic carbocycles. The van der Waals surface area contributed by atoms with E-state index in [4.69, 9.17) is 18.2 Å². The normalized spacial score (nSPS) is 13.2. The molecule has 2 unspecified atom stereocenters. The fraction of sp³-hybridized carbons (Fsp3) is 0.533. The molecule has 0 aliphatic carbocycles. The molecule has 0 saturated carbocycles. The molecule has 212 valence electrons. The molecule has 0 fully saturated rings. The van der Waals surface area contributed by atoms with Crippen molar-refractivity contribution in [3.8, 4) is 32.4 Å². The quantitative estimate of drug-likeness (QED) is 0.116. The summed E-state index contributed by atoms with van der Waals surface area (Å²) in [4.78, 5) is 2.22. The molecular formula is C30H38Br2N2O2S3. The number of benzene rings is 1. The highest BCUT2D eigenvalue weighted by atomic mass is 79.9. The number of rotatable bonds is 16. The zero-order valence-electron chi connectivity index (χ0n) is 23.2. The smallest absolute Gasteiger partial charge is 0.172 e. The van der Waals surface area contributed by atoms with Gasteiger partial charge < -0.3 is 9.47 Å². The van der Waals surface area contributed by atoms with E-state index in [1.807, 2.05) is 0 Å². The average Bonchev–Trinajstić information content (AvgIpc) is 3.70. The van der Waals surface area contributed by atoms with Crippen LogP contribution in [0.15, 0.2) is 31.8 Å². The third-order valence-electron chi connectivity index (χ3n) is 7.27. The Balaban J connectivity index is 1.90. The topological polar surface area (TPSA) is 44.2 Å². The Hall–Kier alpha value is -1.000. The van der Waals surface area contributed by atoms with E-state index in [2.05, 4.69) is 83.8 Å². The van der Waals surface area contributed by atoms with E-state index in [1.54, 1.807) is 22.7 Å². The predicted octanol–water partition coefficient (Wildman–Crippen LogP) is 11.9. The van der Waals surface area contributed by atoms with E-state index in [0.717, 1.165) is 63.8 Å². The lowest BCUT2D eigenvalue weighted by Gasteiger charge is -2.24. The summed E-state index contributed by atoms with van der Waals surface area (Å²) in [6, 6.07) is 8.47. The first-order valence-corrected chi connectivity index (χ1v) is 18.0. The molecule has 4 nitrogen and oxygen atoms in total. The third-order valence-corrected chi connectivity index (χ3v) is 11.1. The molecule has 9 heteroatoms. The number of ether oxygens (including phenoxy) is 2. The van der Waals surface area contributed by atoms with E-state index in [-0.39, 0.29) is 0 Å². The van der Waals surface area contributed by atoms with E-state index in [1.165, 1.54) is 50.3 Å². The van der Waals surface area contributed by atoms with E-state index in [0.29, 0.717) is 25.0 Å². The SMILES string of the molecule is CCCCC(CC)COc1c(OCC(CC)CCCC)c(-c2ccc(Br)s2)c2nsnc2c1-c1ccc(Br)s1. The fourth-order valence-electron chi connectivity index (χ4n) is 4.79. The fourth-order valence-corrected chi connectivity index (χ4v) is 8.20. The minimum Gasteiger partial charge on any atom is -0.489 e. The number of nitrogens with zero attached hydrogens (tertiary/aromatic N) is 2. The van der Waals surface area contributed by atoms with Crippen LogP contribution in [0.4, 0.5) is 0 Å². The minimum atomic E-state index is 0.497. The summed E-state index contributed by atoms with van der Waals surface area (Å²) < 4.78 is 25.6. The van der Waals surface area contributed by atoms with Crippen LogP contribution in [0.1, 0.15) is 79.1 Å². The van der Waals surface area contributed by atoms with Gasteiger partial charge in [-0.1, -0.05) is 66.2 Å². The predicted molar refractivity (Wildman–Crippen MR) is 177 cm³/mol. The van der Waals surface area contributed by atoms with Gasteiger partial charge in [0.2, 0.25) is 0 Å². The molecule has 4 aromatic rings. The van der Waals surface area contributed by atoms with Crippen LogP contribution in [-0.2, 0) is 0 Å². The molecule has 4 rings (SSSR count). The lowest BCUT2D eigenvalue weighted by Crippen LogP contribution is -2.15. The van der Waals surface area contributed by atoms with Crippen molar-refractivity contribution in [2.24, 2.45) is 11.8 Å². The van der Waals surface area contributed by atoms with Crippen LogP contribution in [0.2, 0.25) is 0 Å². The molecule has 0 spiro atoms. The first-order valence-electron chi connectivity index (χ1n) is 14.1. The lowest BCUT2D eigenvalue weighted by atomic mass is 9.99. The van der Waals surface area contributed by atoms with Crippen molar-refractivity contribution in [1.82, 2.24) is 8.75 Å². The van der Waals surface area contributed by atoms with Crippen molar-refractivity contribution in [3.05, 3.63) is 31.8 Å². The molecule has 0 aliphatic heterocycles. The molecule has 39 heavy (non-hydrogen) atoms. The first kappa shape index (κ1) is 30.9. The average molecular weight is 715 g/mol. The monoisotopic (exact) mass is 712 g/mol. The zero-order chi connectivity index (χ0) is 27.8. The lowest BCUT2D eigenvalue weighted by molar-refractivity contribution is 0.201. The number of hydrogen-bond acceptors (Lipinski definition) is 7.